The molecule has 3 rings (SSSR count). The predicted molar refractivity (Wildman–Crippen MR) is 75.5 cm³/mol. The Bertz CT molecular complexity index is 446. The highest BCUT2D eigenvalue weighted by Crippen LogP contribution is 2.32. The number of phenolic OH excluding ortho intramolecular Hbond substituents is 1. The number of likely N-dealkylation sites (tertiary alicyclic amines) is 1. The van der Waals surface area contributed by atoms with Crippen molar-refractivity contribution in [2.75, 3.05) is 13.2 Å². The van der Waals surface area contributed by atoms with Crippen molar-refractivity contribution in [2.45, 2.75) is 44.4 Å². The molecule has 2 aliphatic rings. The molecule has 3 nitrogen and oxygen atoms in total. The second-order valence-electron chi connectivity index (χ2n) is 5.48. The summed E-state index contributed by atoms with van der Waals surface area (Å²) in [5.41, 5.74) is 1.01. The van der Waals surface area contributed by atoms with Crippen molar-refractivity contribution in [1.82, 2.24) is 4.90 Å². The summed E-state index contributed by atoms with van der Waals surface area (Å²) in [5, 5.41) is 10.2. The topological polar surface area (TPSA) is 32.7 Å². The lowest BCUT2D eigenvalue weighted by Crippen LogP contribution is -2.38. The fraction of sp³-hybridized carbons (Fsp3) is 0.600. The number of rotatable bonds is 3. The van der Waals surface area contributed by atoms with Crippen LogP contribution in [0.1, 0.15) is 31.2 Å². The highest BCUT2D eigenvalue weighted by molar-refractivity contribution is 6.32. The van der Waals surface area contributed by atoms with Gasteiger partial charge in [-0.3, -0.25) is 4.90 Å². The molecule has 0 aromatic heterocycles. The summed E-state index contributed by atoms with van der Waals surface area (Å²) < 4.78 is 5.83. The van der Waals surface area contributed by atoms with Gasteiger partial charge in [0.1, 0.15) is 5.75 Å². The minimum atomic E-state index is 0.173. The van der Waals surface area contributed by atoms with Gasteiger partial charge in [-0.25, -0.2) is 0 Å². The summed E-state index contributed by atoms with van der Waals surface area (Å²) in [6.07, 6.45) is 5.18. The predicted octanol–water partition coefficient (Wildman–Crippen LogP) is 3.19. The second-order valence-corrected chi connectivity index (χ2v) is 5.86. The molecule has 4 heteroatoms. The van der Waals surface area contributed by atoms with Gasteiger partial charge >= 0.3 is 0 Å². The molecule has 0 saturated carbocycles. The average molecular weight is 282 g/mol. The molecule has 1 N–H and O–H groups in total. The van der Waals surface area contributed by atoms with Crippen LogP contribution in [0.5, 0.6) is 5.75 Å². The maximum atomic E-state index is 9.68. The molecule has 0 spiro atoms. The van der Waals surface area contributed by atoms with Gasteiger partial charge in [-0.1, -0.05) is 23.7 Å². The van der Waals surface area contributed by atoms with Crippen molar-refractivity contribution < 1.29 is 9.84 Å². The van der Waals surface area contributed by atoms with Gasteiger partial charge in [-0.2, -0.15) is 0 Å². The molecule has 0 bridgehead atoms. The second kappa shape index (κ2) is 5.70. The monoisotopic (exact) mass is 281 g/mol. The quantitative estimate of drug-likeness (QED) is 0.924. The zero-order valence-corrected chi connectivity index (χ0v) is 11.8. The van der Waals surface area contributed by atoms with Crippen LogP contribution >= 0.6 is 11.6 Å². The Labute approximate surface area is 119 Å². The van der Waals surface area contributed by atoms with Crippen molar-refractivity contribution in [3.8, 4) is 5.75 Å². The molecule has 2 fully saturated rings. The SMILES string of the molecule is Oc1cccc(CN2CCCC2C2CCCO2)c1Cl. The highest BCUT2D eigenvalue weighted by atomic mass is 35.5. The first-order valence-corrected chi connectivity index (χ1v) is 7.45. The Morgan fingerprint density at radius 1 is 1.32 bits per heavy atom. The van der Waals surface area contributed by atoms with E-state index in [1.54, 1.807) is 6.07 Å². The van der Waals surface area contributed by atoms with Crippen molar-refractivity contribution in [2.24, 2.45) is 0 Å². The maximum absolute atomic E-state index is 9.68. The third kappa shape index (κ3) is 2.73. The summed E-state index contributed by atoms with van der Waals surface area (Å²) in [7, 11) is 0. The summed E-state index contributed by atoms with van der Waals surface area (Å²) in [6, 6.07) is 5.99. The van der Waals surface area contributed by atoms with Crippen molar-refractivity contribution in [1.29, 1.82) is 0 Å². The van der Waals surface area contributed by atoms with Crippen molar-refractivity contribution in [3.05, 3.63) is 28.8 Å². The molecule has 0 aliphatic carbocycles. The smallest absolute Gasteiger partial charge is 0.134 e. The van der Waals surface area contributed by atoms with Crippen LogP contribution in [0.4, 0.5) is 0 Å². The fourth-order valence-corrected chi connectivity index (χ4v) is 3.47. The molecule has 0 amide bonds. The molecule has 2 heterocycles. The average Bonchev–Trinajstić information content (AvgIpc) is 3.05. The van der Waals surface area contributed by atoms with Gasteiger partial charge in [-0.15, -0.1) is 0 Å². The van der Waals surface area contributed by atoms with E-state index in [9.17, 15) is 5.11 Å². The number of phenols is 1. The minimum Gasteiger partial charge on any atom is -0.506 e. The third-order valence-corrected chi connectivity index (χ3v) is 4.68. The molecule has 0 radical (unpaired) electrons. The minimum absolute atomic E-state index is 0.173. The molecule has 19 heavy (non-hydrogen) atoms. The number of hydrogen-bond acceptors (Lipinski definition) is 3. The molecule has 2 aliphatic heterocycles. The molecule has 1 aromatic carbocycles. The number of benzene rings is 1. The molecule has 1 aromatic rings. The van der Waals surface area contributed by atoms with Gasteiger partial charge in [-0.05, 0) is 43.9 Å². The van der Waals surface area contributed by atoms with Crippen LogP contribution in [0.25, 0.3) is 0 Å². The van der Waals surface area contributed by atoms with Gasteiger partial charge in [0.15, 0.2) is 0 Å². The summed E-state index contributed by atoms with van der Waals surface area (Å²) in [6.45, 7) is 2.80. The Morgan fingerprint density at radius 3 is 3.00 bits per heavy atom. The number of ether oxygens (including phenoxy) is 1. The molecule has 2 atom stereocenters. The molecule has 104 valence electrons. The van der Waals surface area contributed by atoms with Gasteiger partial charge in [0.2, 0.25) is 0 Å². The van der Waals surface area contributed by atoms with Crippen molar-refractivity contribution in [3.63, 3.8) is 0 Å². The number of halogens is 1. The Morgan fingerprint density at radius 2 is 2.21 bits per heavy atom. The Balaban J connectivity index is 1.72. The standard InChI is InChI=1S/C15H20ClNO2/c16-15-11(4-1-6-13(15)18)10-17-8-2-5-12(17)14-7-3-9-19-14/h1,4,6,12,14,18H,2-3,5,7-10H2. The first kappa shape index (κ1) is 13.2. The lowest BCUT2D eigenvalue weighted by molar-refractivity contribution is 0.0388. The molecule has 2 saturated heterocycles. The normalized spacial score (nSPS) is 28.1. The van der Waals surface area contributed by atoms with Crippen LogP contribution in [-0.4, -0.2) is 35.3 Å². The van der Waals surface area contributed by atoms with Crippen LogP contribution in [0.3, 0.4) is 0 Å². The van der Waals surface area contributed by atoms with E-state index >= 15 is 0 Å². The Hall–Kier alpha value is -0.770. The highest BCUT2D eigenvalue weighted by Gasteiger charge is 2.34. The molecular weight excluding hydrogens is 262 g/mol. The van der Waals surface area contributed by atoms with E-state index in [0.717, 1.165) is 25.3 Å². The van der Waals surface area contributed by atoms with Crippen LogP contribution in [0.15, 0.2) is 18.2 Å². The van der Waals surface area contributed by atoms with Crippen LogP contribution in [0, 0.1) is 0 Å². The summed E-state index contributed by atoms with van der Waals surface area (Å²) in [4.78, 5) is 2.46. The zero-order valence-electron chi connectivity index (χ0n) is 11.0. The van der Waals surface area contributed by atoms with E-state index in [4.69, 9.17) is 16.3 Å². The first-order chi connectivity index (χ1) is 9.25. The van der Waals surface area contributed by atoms with E-state index in [-0.39, 0.29) is 5.75 Å². The third-order valence-electron chi connectivity index (χ3n) is 4.24. The maximum Gasteiger partial charge on any atom is 0.134 e. The van der Waals surface area contributed by atoms with Crippen LogP contribution < -0.4 is 0 Å². The number of nitrogens with zero attached hydrogens (tertiary/aromatic N) is 1. The van der Waals surface area contributed by atoms with Gasteiger partial charge in [0.05, 0.1) is 11.1 Å². The van der Waals surface area contributed by atoms with Gasteiger partial charge in [0, 0.05) is 19.2 Å². The van der Waals surface area contributed by atoms with E-state index < -0.39 is 0 Å². The zero-order chi connectivity index (χ0) is 13.2. The molecular formula is C15H20ClNO2. The fourth-order valence-electron chi connectivity index (χ4n) is 3.28. The lowest BCUT2D eigenvalue weighted by atomic mass is 10.1. The number of aromatic hydroxyl groups is 1. The lowest BCUT2D eigenvalue weighted by Gasteiger charge is -2.29. The van der Waals surface area contributed by atoms with E-state index in [2.05, 4.69) is 4.90 Å². The van der Waals surface area contributed by atoms with Gasteiger partial charge < -0.3 is 9.84 Å². The largest absolute Gasteiger partial charge is 0.506 e. The van der Waals surface area contributed by atoms with Crippen LogP contribution in [-0.2, 0) is 11.3 Å². The number of hydrogen-bond donors (Lipinski definition) is 1. The Kier molecular flexibility index (Phi) is 3.96. The first-order valence-electron chi connectivity index (χ1n) is 7.08. The van der Waals surface area contributed by atoms with Crippen LogP contribution in [0.2, 0.25) is 5.02 Å². The summed E-state index contributed by atoms with van der Waals surface area (Å²) in [5.74, 6) is 0.173. The summed E-state index contributed by atoms with van der Waals surface area (Å²) >= 11 is 6.17. The van der Waals surface area contributed by atoms with Crippen molar-refractivity contribution >= 4 is 11.6 Å². The van der Waals surface area contributed by atoms with E-state index in [1.165, 1.54) is 25.7 Å². The molecule has 2 unspecified atom stereocenters. The van der Waals surface area contributed by atoms with E-state index in [1.807, 2.05) is 12.1 Å². The van der Waals surface area contributed by atoms with E-state index in [0.29, 0.717) is 17.2 Å². The van der Waals surface area contributed by atoms with Gasteiger partial charge in [0.25, 0.3) is 0 Å².